The van der Waals surface area contributed by atoms with Crippen LogP contribution in [0.3, 0.4) is 0 Å². The number of anilines is 2. The summed E-state index contributed by atoms with van der Waals surface area (Å²) >= 11 is 0. The standard InChI is InChI=1S/C31H32N4O6S/c1-3-41-31(38)28-21-23-11-7-9-15-26(23)34(28)22-29(36)33-19-17-32(18-20-33)27-16-10-8-14-25(27)30(37)35(42(2,39)40)24-12-5-4-6-13-24/h4-16,21H,3,17-20,22H2,1-2H3. The normalized spacial score (nSPS) is 13.7. The molecule has 1 aliphatic heterocycles. The van der Waals surface area contributed by atoms with Crippen molar-refractivity contribution < 1.29 is 27.5 Å². The Balaban J connectivity index is 1.33. The molecule has 5 rings (SSSR count). The van der Waals surface area contributed by atoms with Crippen LogP contribution in [0.5, 0.6) is 0 Å². The van der Waals surface area contributed by atoms with Crippen molar-refractivity contribution in [2.24, 2.45) is 0 Å². The van der Waals surface area contributed by atoms with Crippen LogP contribution >= 0.6 is 0 Å². The van der Waals surface area contributed by atoms with Crippen LogP contribution in [-0.2, 0) is 26.1 Å². The molecule has 4 aromatic rings. The lowest BCUT2D eigenvalue weighted by Gasteiger charge is -2.37. The molecule has 0 saturated carbocycles. The monoisotopic (exact) mass is 588 g/mol. The first kappa shape index (κ1) is 28.9. The molecule has 1 aliphatic rings. The highest BCUT2D eigenvalue weighted by Crippen LogP contribution is 2.28. The Morgan fingerprint density at radius 3 is 2.19 bits per heavy atom. The SMILES string of the molecule is CCOC(=O)c1cc2ccccc2n1CC(=O)N1CCN(c2ccccc2C(=O)N(c2ccccc2)S(C)(=O)=O)CC1. The number of ether oxygens (including phenoxy) is 1. The van der Waals surface area contributed by atoms with Crippen LogP contribution in [0.15, 0.2) is 84.9 Å². The summed E-state index contributed by atoms with van der Waals surface area (Å²) in [5, 5.41) is 0.845. The van der Waals surface area contributed by atoms with Crippen LogP contribution in [-0.4, -0.2) is 74.7 Å². The maximum Gasteiger partial charge on any atom is 0.354 e. The number of hydrogen-bond donors (Lipinski definition) is 0. The lowest BCUT2D eigenvalue weighted by Crippen LogP contribution is -2.50. The van der Waals surface area contributed by atoms with Gasteiger partial charge in [-0.25, -0.2) is 17.5 Å². The van der Waals surface area contributed by atoms with Crippen molar-refractivity contribution in [2.75, 3.05) is 48.2 Å². The first-order valence-electron chi connectivity index (χ1n) is 13.7. The van der Waals surface area contributed by atoms with Gasteiger partial charge in [-0.15, -0.1) is 0 Å². The summed E-state index contributed by atoms with van der Waals surface area (Å²) in [5.41, 5.74) is 2.21. The predicted octanol–water partition coefficient (Wildman–Crippen LogP) is 3.77. The highest BCUT2D eigenvalue weighted by atomic mass is 32.2. The summed E-state index contributed by atoms with van der Waals surface area (Å²) in [7, 11) is -3.91. The van der Waals surface area contributed by atoms with Crippen molar-refractivity contribution >= 4 is 50.1 Å². The van der Waals surface area contributed by atoms with Gasteiger partial charge in [0.25, 0.3) is 5.91 Å². The molecule has 0 unspecified atom stereocenters. The maximum atomic E-state index is 13.7. The minimum atomic E-state index is -3.91. The number of sulfonamides is 1. The zero-order valence-corrected chi connectivity index (χ0v) is 24.3. The van der Waals surface area contributed by atoms with Crippen molar-refractivity contribution in [1.82, 2.24) is 9.47 Å². The van der Waals surface area contributed by atoms with Crippen LogP contribution in [0.4, 0.5) is 11.4 Å². The van der Waals surface area contributed by atoms with Gasteiger partial charge in [0, 0.05) is 42.8 Å². The molecule has 10 nitrogen and oxygen atoms in total. The van der Waals surface area contributed by atoms with Crippen LogP contribution < -0.4 is 9.21 Å². The zero-order chi connectivity index (χ0) is 29.9. The lowest BCUT2D eigenvalue weighted by atomic mass is 10.1. The number of rotatable bonds is 8. The fraction of sp³-hybridized carbons (Fsp3) is 0.258. The van der Waals surface area contributed by atoms with Gasteiger partial charge >= 0.3 is 5.97 Å². The largest absolute Gasteiger partial charge is 0.461 e. The van der Waals surface area contributed by atoms with Gasteiger partial charge in [-0.2, -0.15) is 0 Å². The number of para-hydroxylation sites is 3. The molecular formula is C31H32N4O6S. The number of hydrogen-bond acceptors (Lipinski definition) is 7. The van der Waals surface area contributed by atoms with Crippen LogP contribution in [0.1, 0.15) is 27.8 Å². The van der Waals surface area contributed by atoms with E-state index in [0.29, 0.717) is 37.6 Å². The predicted molar refractivity (Wildman–Crippen MR) is 161 cm³/mol. The average molecular weight is 589 g/mol. The highest BCUT2D eigenvalue weighted by molar-refractivity contribution is 7.92. The minimum Gasteiger partial charge on any atom is -0.461 e. The van der Waals surface area contributed by atoms with E-state index in [9.17, 15) is 22.8 Å². The molecule has 0 atom stereocenters. The van der Waals surface area contributed by atoms with E-state index in [1.54, 1.807) is 77.1 Å². The molecule has 0 aliphatic carbocycles. The number of aromatic nitrogens is 1. The van der Waals surface area contributed by atoms with Gasteiger partial charge < -0.3 is 19.1 Å². The molecular weight excluding hydrogens is 556 g/mol. The van der Waals surface area contributed by atoms with Gasteiger partial charge in [-0.05, 0) is 43.3 Å². The molecule has 218 valence electrons. The van der Waals surface area contributed by atoms with E-state index in [4.69, 9.17) is 4.74 Å². The fourth-order valence-corrected chi connectivity index (χ4v) is 6.15. The topological polar surface area (TPSA) is 109 Å². The second kappa shape index (κ2) is 12.1. The average Bonchev–Trinajstić information content (AvgIpc) is 3.35. The van der Waals surface area contributed by atoms with E-state index in [2.05, 4.69) is 0 Å². The number of nitrogens with zero attached hydrogens (tertiary/aromatic N) is 4. The Labute approximate surface area is 244 Å². The number of benzene rings is 3. The van der Waals surface area contributed by atoms with Crippen molar-refractivity contribution in [3.05, 3.63) is 96.2 Å². The smallest absolute Gasteiger partial charge is 0.354 e. The van der Waals surface area contributed by atoms with Crippen LogP contribution in [0.2, 0.25) is 0 Å². The molecule has 1 aromatic heterocycles. The van der Waals surface area contributed by atoms with Gasteiger partial charge in [0.05, 0.1) is 24.1 Å². The van der Waals surface area contributed by atoms with E-state index < -0.39 is 21.9 Å². The molecule has 2 amide bonds. The molecule has 2 heterocycles. The zero-order valence-electron chi connectivity index (χ0n) is 23.5. The van der Waals surface area contributed by atoms with Gasteiger partial charge in [0.15, 0.2) is 0 Å². The Kier molecular flexibility index (Phi) is 8.30. The first-order chi connectivity index (χ1) is 20.2. The minimum absolute atomic E-state index is 0.0167. The number of piperazine rings is 1. The molecule has 1 saturated heterocycles. The van der Waals surface area contributed by atoms with Gasteiger partial charge in [-0.1, -0.05) is 48.5 Å². The number of amides is 2. The Morgan fingerprint density at radius 1 is 0.857 bits per heavy atom. The van der Waals surface area contributed by atoms with E-state index in [0.717, 1.165) is 21.5 Å². The summed E-state index contributed by atoms with van der Waals surface area (Å²) in [6.07, 6.45) is 1.01. The second-order valence-corrected chi connectivity index (χ2v) is 11.8. The van der Waals surface area contributed by atoms with Crippen LogP contribution in [0.25, 0.3) is 10.9 Å². The third-order valence-corrected chi connectivity index (χ3v) is 8.24. The first-order valence-corrected chi connectivity index (χ1v) is 15.5. The van der Waals surface area contributed by atoms with Gasteiger partial charge in [0.1, 0.15) is 12.2 Å². The number of carbonyl (C=O) groups is 3. The maximum absolute atomic E-state index is 13.7. The Bertz CT molecular complexity index is 1730. The molecule has 0 N–H and O–H groups in total. The van der Waals surface area contributed by atoms with E-state index in [-0.39, 0.29) is 30.3 Å². The highest BCUT2D eigenvalue weighted by Gasteiger charge is 2.31. The quantitative estimate of drug-likeness (QED) is 0.288. The summed E-state index contributed by atoms with van der Waals surface area (Å²) in [6.45, 7) is 3.62. The number of fused-ring (bicyclic) bond motifs is 1. The van der Waals surface area contributed by atoms with Crippen LogP contribution in [0, 0.1) is 0 Å². The molecule has 1 fully saturated rings. The van der Waals surface area contributed by atoms with Crippen molar-refractivity contribution in [1.29, 1.82) is 0 Å². The second-order valence-electron chi connectivity index (χ2n) is 9.95. The van der Waals surface area contributed by atoms with Crippen molar-refractivity contribution in [3.8, 4) is 0 Å². The molecule has 42 heavy (non-hydrogen) atoms. The summed E-state index contributed by atoms with van der Waals surface area (Å²) < 4.78 is 33.1. The number of esters is 1. The van der Waals surface area contributed by atoms with E-state index >= 15 is 0 Å². The third-order valence-electron chi connectivity index (χ3n) is 7.20. The van der Waals surface area contributed by atoms with Crippen molar-refractivity contribution in [3.63, 3.8) is 0 Å². The molecule has 0 radical (unpaired) electrons. The van der Waals surface area contributed by atoms with Crippen molar-refractivity contribution in [2.45, 2.75) is 13.5 Å². The summed E-state index contributed by atoms with van der Waals surface area (Å²) in [4.78, 5) is 43.4. The Morgan fingerprint density at radius 2 is 1.50 bits per heavy atom. The molecule has 3 aromatic carbocycles. The third kappa shape index (κ3) is 5.87. The lowest BCUT2D eigenvalue weighted by molar-refractivity contribution is -0.132. The molecule has 11 heteroatoms. The molecule has 0 bridgehead atoms. The van der Waals surface area contributed by atoms with E-state index in [1.807, 2.05) is 29.2 Å². The Hall–Kier alpha value is -4.64. The van der Waals surface area contributed by atoms with Gasteiger partial charge in [-0.3, -0.25) is 9.59 Å². The summed E-state index contributed by atoms with van der Waals surface area (Å²) in [5.74, 6) is -1.27. The molecule has 0 spiro atoms. The van der Waals surface area contributed by atoms with Gasteiger partial charge in [0.2, 0.25) is 15.9 Å². The van der Waals surface area contributed by atoms with E-state index in [1.165, 1.54) is 0 Å². The number of carbonyl (C=O) groups excluding carboxylic acids is 3. The fourth-order valence-electron chi connectivity index (χ4n) is 5.25. The summed E-state index contributed by atoms with van der Waals surface area (Å²) in [6, 6.07) is 24.4.